The van der Waals surface area contributed by atoms with Crippen molar-refractivity contribution in [3.63, 3.8) is 0 Å². The summed E-state index contributed by atoms with van der Waals surface area (Å²) in [5, 5.41) is 9.11. The molecule has 3 aromatic carbocycles. The molecule has 0 aliphatic rings. The van der Waals surface area contributed by atoms with E-state index in [4.69, 9.17) is 16.3 Å². The normalized spacial score (nSPS) is 10.8. The molecular weight excluding hydrogens is 374 g/mol. The molecule has 0 aliphatic heterocycles. The Hall–Kier alpha value is -3.31. The van der Waals surface area contributed by atoms with Crippen LogP contribution in [0.5, 0.6) is 5.75 Å². The molecule has 0 atom stereocenters. The second kappa shape index (κ2) is 7.74. The van der Waals surface area contributed by atoms with E-state index >= 15 is 0 Å². The van der Waals surface area contributed by atoms with Crippen molar-refractivity contribution in [3.8, 4) is 17.0 Å². The van der Waals surface area contributed by atoms with E-state index < -0.39 is 0 Å². The van der Waals surface area contributed by atoms with Crippen LogP contribution in [0.25, 0.3) is 22.2 Å². The van der Waals surface area contributed by atoms with Crippen LogP contribution in [-0.4, -0.2) is 22.8 Å². The molecule has 4 rings (SSSR count). The maximum Gasteiger partial charge on any atom is 0.246 e. The van der Waals surface area contributed by atoms with Crippen LogP contribution in [0.2, 0.25) is 5.02 Å². The number of rotatable bonds is 5. The number of fused-ring (bicyclic) bond motifs is 1. The highest BCUT2D eigenvalue weighted by Gasteiger charge is 2.15. The Labute approximate surface area is 167 Å². The van der Waals surface area contributed by atoms with Crippen LogP contribution >= 0.6 is 11.6 Å². The Morgan fingerprint density at radius 1 is 1.07 bits per heavy atom. The fraction of sp³-hybridized carbons (Fsp3) is 0.0909. The standard InChI is InChI=1S/C22H18ClN3O2/c1-28-18-9-5-8-17(13-18)24-21(27)14-26-20-11-10-16(23)12-19(20)22(25-26)15-6-3-2-4-7-15/h2-13H,14H2,1H3,(H,24,27). The Morgan fingerprint density at radius 2 is 1.89 bits per heavy atom. The molecule has 6 heteroatoms. The minimum Gasteiger partial charge on any atom is -0.497 e. The zero-order valence-corrected chi connectivity index (χ0v) is 16.0. The summed E-state index contributed by atoms with van der Waals surface area (Å²) in [5.74, 6) is 0.510. The minimum absolute atomic E-state index is 0.0855. The van der Waals surface area contributed by atoms with Crippen LogP contribution in [0.1, 0.15) is 0 Å². The summed E-state index contributed by atoms with van der Waals surface area (Å²) in [7, 11) is 1.59. The molecule has 0 unspecified atom stereocenters. The average Bonchev–Trinajstić information content (AvgIpc) is 3.06. The average molecular weight is 392 g/mol. The van der Waals surface area contributed by atoms with E-state index in [0.717, 1.165) is 22.2 Å². The van der Waals surface area contributed by atoms with Crippen molar-refractivity contribution < 1.29 is 9.53 Å². The van der Waals surface area contributed by atoms with E-state index in [1.54, 1.807) is 23.9 Å². The monoisotopic (exact) mass is 391 g/mol. The van der Waals surface area contributed by atoms with Crippen LogP contribution in [-0.2, 0) is 11.3 Å². The van der Waals surface area contributed by atoms with Gasteiger partial charge in [0.15, 0.2) is 0 Å². The molecule has 4 aromatic rings. The maximum absolute atomic E-state index is 12.6. The maximum atomic E-state index is 12.6. The van der Waals surface area contributed by atoms with Gasteiger partial charge >= 0.3 is 0 Å². The van der Waals surface area contributed by atoms with Crippen LogP contribution < -0.4 is 10.1 Å². The molecule has 1 N–H and O–H groups in total. The number of carbonyl (C=O) groups is 1. The van der Waals surface area contributed by atoms with Crippen molar-refractivity contribution in [3.05, 3.63) is 77.8 Å². The van der Waals surface area contributed by atoms with E-state index in [-0.39, 0.29) is 12.5 Å². The number of nitrogens with one attached hydrogen (secondary N) is 1. The van der Waals surface area contributed by atoms with Gasteiger partial charge in [0, 0.05) is 27.7 Å². The second-order valence-electron chi connectivity index (χ2n) is 6.31. The largest absolute Gasteiger partial charge is 0.497 e. The third-order valence-electron chi connectivity index (χ3n) is 4.41. The van der Waals surface area contributed by atoms with Gasteiger partial charge in [0.2, 0.25) is 5.91 Å². The van der Waals surface area contributed by atoms with Gasteiger partial charge in [0.1, 0.15) is 18.0 Å². The minimum atomic E-state index is -0.174. The van der Waals surface area contributed by atoms with Gasteiger partial charge in [0.25, 0.3) is 0 Å². The number of benzene rings is 3. The molecule has 0 saturated carbocycles. The summed E-state index contributed by atoms with van der Waals surface area (Å²) < 4.78 is 6.89. The third kappa shape index (κ3) is 3.70. The van der Waals surface area contributed by atoms with Crippen LogP contribution in [0.3, 0.4) is 0 Å². The fourth-order valence-electron chi connectivity index (χ4n) is 3.12. The summed E-state index contributed by atoms with van der Waals surface area (Å²) in [5.41, 5.74) is 3.30. The number of anilines is 1. The second-order valence-corrected chi connectivity index (χ2v) is 6.75. The van der Waals surface area contributed by atoms with Gasteiger partial charge in [-0.25, -0.2) is 0 Å². The van der Waals surface area contributed by atoms with Gasteiger partial charge in [-0.1, -0.05) is 48.0 Å². The molecule has 1 heterocycles. The number of carbonyl (C=O) groups excluding carboxylic acids is 1. The molecule has 140 valence electrons. The SMILES string of the molecule is COc1cccc(NC(=O)Cn2nc(-c3ccccc3)c3cc(Cl)ccc32)c1. The van der Waals surface area contributed by atoms with Gasteiger partial charge in [-0.2, -0.15) is 5.10 Å². The number of halogens is 1. The van der Waals surface area contributed by atoms with Gasteiger partial charge < -0.3 is 10.1 Å². The van der Waals surface area contributed by atoms with Crippen molar-refractivity contribution in [2.45, 2.75) is 6.54 Å². The summed E-state index contributed by atoms with van der Waals surface area (Å²) in [6.07, 6.45) is 0. The van der Waals surface area contributed by atoms with E-state index in [1.807, 2.05) is 60.7 Å². The van der Waals surface area contributed by atoms with Crippen molar-refractivity contribution in [2.75, 3.05) is 12.4 Å². The number of ether oxygens (including phenoxy) is 1. The highest BCUT2D eigenvalue weighted by molar-refractivity contribution is 6.31. The number of aromatic nitrogens is 2. The highest BCUT2D eigenvalue weighted by atomic mass is 35.5. The summed E-state index contributed by atoms with van der Waals surface area (Å²) >= 11 is 6.20. The summed E-state index contributed by atoms with van der Waals surface area (Å²) in [6, 6.07) is 22.7. The van der Waals surface area contributed by atoms with Crippen LogP contribution in [0, 0.1) is 0 Å². The first-order valence-electron chi connectivity index (χ1n) is 8.79. The number of amides is 1. The molecule has 1 amide bonds. The Kier molecular flexibility index (Phi) is 5.00. The first kappa shape index (κ1) is 18.1. The first-order valence-corrected chi connectivity index (χ1v) is 9.17. The predicted octanol–water partition coefficient (Wildman–Crippen LogP) is 5.00. The zero-order chi connectivity index (χ0) is 19.5. The predicted molar refractivity (Wildman–Crippen MR) is 112 cm³/mol. The summed E-state index contributed by atoms with van der Waals surface area (Å²) in [6.45, 7) is 0.0855. The van der Waals surface area contributed by atoms with E-state index in [9.17, 15) is 4.79 Å². The molecule has 0 spiro atoms. The quantitative estimate of drug-likeness (QED) is 0.520. The molecule has 0 radical (unpaired) electrons. The van der Waals surface area contributed by atoms with Crippen molar-refractivity contribution in [1.82, 2.24) is 9.78 Å². The van der Waals surface area contributed by atoms with Crippen molar-refractivity contribution in [2.24, 2.45) is 0 Å². The fourth-order valence-corrected chi connectivity index (χ4v) is 3.29. The topological polar surface area (TPSA) is 56.1 Å². The van der Waals surface area contributed by atoms with Crippen molar-refractivity contribution >= 4 is 34.1 Å². The highest BCUT2D eigenvalue weighted by Crippen LogP contribution is 2.30. The third-order valence-corrected chi connectivity index (χ3v) is 4.64. The molecule has 0 aliphatic carbocycles. The van der Waals surface area contributed by atoms with Crippen molar-refractivity contribution in [1.29, 1.82) is 0 Å². The zero-order valence-electron chi connectivity index (χ0n) is 15.2. The molecule has 0 fully saturated rings. The van der Waals surface area contributed by atoms with Gasteiger partial charge in [-0.3, -0.25) is 9.48 Å². The molecule has 0 bridgehead atoms. The lowest BCUT2D eigenvalue weighted by molar-refractivity contribution is -0.116. The van der Waals surface area contributed by atoms with Gasteiger partial charge in [-0.15, -0.1) is 0 Å². The first-order chi connectivity index (χ1) is 13.6. The number of nitrogens with zero attached hydrogens (tertiary/aromatic N) is 2. The van der Waals surface area contributed by atoms with Crippen LogP contribution in [0.4, 0.5) is 5.69 Å². The lowest BCUT2D eigenvalue weighted by Crippen LogP contribution is -2.19. The molecular formula is C22H18ClN3O2. The Balaban J connectivity index is 1.66. The van der Waals surface area contributed by atoms with Gasteiger partial charge in [0.05, 0.1) is 12.6 Å². The number of hydrogen-bond donors (Lipinski definition) is 1. The lowest BCUT2D eigenvalue weighted by Gasteiger charge is -2.08. The van der Waals surface area contributed by atoms with E-state index in [2.05, 4.69) is 10.4 Å². The molecule has 0 saturated heterocycles. The molecule has 1 aromatic heterocycles. The summed E-state index contributed by atoms with van der Waals surface area (Å²) in [4.78, 5) is 12.6. The Bertz CT molecular complexity index is 1140. The smallest absolute Gasteiger partial charge is 0.246 e. The van der Waals surface area contributed by atoms with E-state index in [0.29, 0.717) is 16.5 Å². The number of hydrogen-bond acceptors (Lipinski definition) is 3. The van der Waals surface area contributed by atoms with Crippen LogP contribution in [0.15, 0.2) is 72.8 Å². The lowest BCUT2D eigenvalue weighted by atomic mass is 10.1. The molecule has 5 nitrogen and oxygen atoms in total. The Morgan fingerprint density at radius 3 is 2.68 bits per heavy atom. The number of methoxy groups -OCH3 is 1. The van der Waals surface area contributed by atoms with E-state index in [1.165, 1.54) is 0 Å². The van der Waals surface area contributed by atoms with Gasteiger partial charge in [-0.05, 0) is 30.3 Å². The molecule has 28 heavy (non-hydrogen) atoms.